The lowest BCUT2D eigenvalue weighted by Crippen LogP contribution is -2.32. The van der Waals surface area contributed by atoms with E-state index >= 15 is 0 Å². The van der Waals surface area contributed by atoms with Crippen LogP contribution in [0, 0.1) is 11.3 Å². The van der Waals surface area contributed by atoms with E-state index in [0.717, 1.165) is 0 Å². The molecule has 0 amide bonds. The van der Waals surface area contributed by atoms with E-state index in [1.165, 1.54) is 0 Å². The second-order valence-electron chi connectivity index (χ2n) is 3.36. The maximum atomic E-state index is 11.7. The molecule has 0 rings (SSSR count). The molecule has 0 aliphatic heterocycles. The van der Waals surface area contributed by atoms with E-state index in [0.29, 0.717) is 13.0 Å². The Labute approximate surface area is 87.4 Å². The Morgan fingerprint density at radius 3 is 2.53 bits per heavy atom. The van der Waals surface area contributed by atoms with Crippen LogP contribution in [-0.4, -0.2) is 43.9 Å². The fourth-order valence-corrected chi connectivity index (χ4v) is 0.905. The van der Waals surface area contributed by atoms with Gasteiger partial charge in [0.05, 0.1) is 19.1 Å². The molecule has 15 heavy (non-hydrogen) atoms. The summed E-state index contributed by atoms with van der Waals surface area (Å²) >= 11 is 0. The van der Waals surface area contributed by atoms with Crippen LogP contribution < -0.4 is 0 Å². The third-order valence-corrected chi connectivity index (χ3v) is 1.99. The zero-order chi connectivity index (χ0) is 11.9. The number of nitrogens with zero attached hydrogens (tertiary/aromatic N) is 2. The van der Waals surface area contributed by atoms with Crippen molar-refractivity contribution in [1.29, 1.82) is 5.26 Å². The van der Waals surface area contributed by atoms with Gasteiger partial charge in [0.2, 0.25) is 0 Å². The summed E-state index contributed by atoms with van der Waals surface area (Å²) in [6.07, 6.45) is -3.91. The minimum atomic E-state index is -4.27. The zero-order valence-corrected chi connectivity index (χ0v) is 8.84. The van der Waals surface area contributed by atoms with Crippen LogP contribution in [0.25, 0.3) is 0 Å². The van der Waals surface area contributed by atoms with E-state index in [4.69, 9.17) is 5.26 Å². The summed E-state index contributed by atoms with van der Waals surface area (Å²) < 4.78 is 39.5. The lowest BCUT2D eigenvalue weighted by atomic mass is 10.2. The molecule has 0 radical (unpaired) electrons. The van der Waals surface area contributed by atoms with Crippen molar-refractivity contribution in [2.75, 3.05) is 26.8 Å². The second-order valence-corrected chi connectivity index (χ2v) is 3.36. The summed E-state index contributed by atoms with van der Waals surface area (Å²) in [5, 5.41) is 8.41. The number of likely N-dealkylation sites (N-methyl/N-ethyl adjacent to an activating group) is 1. The minimum Gasteiger partial charge on any atom is -0.371 e. The van der Waals surface area contributed by atoms with Gasteiger partial charge in [-0.15, -0.1) is 0 Å². The van der Waals surface area contributed by atoms with Crippen molar-refractivity contribution in [2.45, 2.75) is 25.6 Å². The maximum absolute atomic E-state index is 11.7. The lowest BCUT2D eigenvalue weighted by molar-refractivity contribution is -0.174. The average molecular weight is 224 g/mol. The van der Waals surface area contributed by atoms with E-state index in [2.05, 4.69) is 4.74 Å². The molecule has 0 N–H and O–H groups in total. The standard InChI is InChI=1S/C9H15F3N2O/c1-8(3-4-13)14(2)5-6-15-7-9(10,11)12/h8H,3,5-7H2,1-2H3. The summed E-state index contributed by atoms with van der Waals surface area (Å²) in [5.74, 6) is 0. The molecule has 88 valence electrons. The summed E-state index contributed by atoms with van der Waals surface area (Å²) in [7, 11) is 1.75. The first-order chi connectivity index (χ1) is 6.87. The fraction of sp³-hybridized carbons (Fsp3) is 0.889. The summed E-state index contributed by atoms with van der Waals surface area (Å²) in [5.41, 5.74) is 0. The van der Waals surface area contributed by atoms with Crippen LogP contribution in [0.5, 0.6) is 0 Å². The first-order valence-electron chi connectivity index (χ1n) is 4.58. The number of hydrogen-bond acceptors (Lipinski definition) is 3. The van der Waals surface area contributed by atoms with Gasteiger partial charge in [0.25, 0.3) is 0 Å². The van der Waals surface area contributed by atoms with Crippen LogP contribution >= 0.6 is 0 Å². The quantitative estimate of drug-likeness (QED) is 0.645. The Morgan fingerprint density at radius 1 is 1.47 bits per heavy atom. The van der Waals surface area contributed by atoms with Gasteiger partial charge in [0.1, 0.15) is 6.61 Å². The van der Waals surface area contributed by atoms with Crippen molar-refractivity contribution in [1.82, 2.24) is 4.90 Å². The van der Waals surface area contributed by atoms with Gasteiger partial charge in [0.15, 0.2) is 0 Å². The maximum Gasteiger partial charge on any atom is 0.411 e. The van der Waals surface area contributed by atoms with Crippen LogP contribution in [-0.2, 0) is 4.74 Å². The van der Waals surface area contributed by atoms with Crippen molar-refractivity contribution < 1.29 is 17.9 Å². The number of ether oxygens (including phenoxy) is 1. The van der Waals surface area contributed by atoms with Crippen molar-refractivity contribution in [3.8, 4) is 6.07 Å². The Bertz CT molecular complexity index is 212. The smallest absolute Gasteiger partial charge is 0.371 e. The van der Waals surface area contributed by atoms with E-state index in [1.807, 2.05) is 13.0 Å². The van der Waals surface area contributed by atoms with Crippen molar-refractivity contribution in [3.63, 3.8) is 0 Å². The van der Waals surface area contributed by atoms with Crippen LogP contribution in [0.15, 0.2) is 0 Å². The first kappa shape index (κ1) is 14.2. The number of alkyl halides is 3. The highest BCUT2D eigenvalue weighted by Gasteiger charge is 2.27. The summed E-state index contributed by atoms with van der Waals surface area (Å²) in [6, 6.07) is 2.03. The molecule has 0 aliphatic rings. The van der Waals surface area contributed by atoms with Gasteiger partial charge >= 0.3 is 6.18 Å². The highest BCUT2D eigenvalue weighted by molar-refractivity contribution is 4.78. The largest absolute Gasteiger partial charge is 0.411 e. The molecule has 1 unspecified atom stereocenters. The van der Waals surface area contributed by atoms with Gasteiger partial charge in [-0.1, -0.05) is 0 Å². The predicted molar refractivity (Wildman–Crippen MR) is 49.2 cm³/mol. The van der Waals surface area contributed by atoms with Crippen molar-refractivity contribution in [2.24, 2.45) is 0 Å². The molecular formula is C9H15F3N2O. The average Bonchev–Trinajstić information content (AvgIpc) is 2.11. The van der Waals surface area contributed by atoms with Crippen molar-refractivity contribution >= 4 is 0 Å². The fourth-order valence-electron chi connectivity index (χ4n) is 0.905. The normalized spacial score (nSPS) is 13.9. The highest BCUT2D eigenvalue weighted by Crippen LogP contribution is 2.14. The Morgan fingerprint density at radius 2 is 2.07 bits per heavy atom. The summed E-state index contributed by atoms with van der Waals surface area (Å²) in [4.78, 5) is 1.79. The molecule has 0 saturated heterocycles. The number of halogens is 3. The zero-order valence-electron chi connectivity index (χ0n) is 8.84. The van der Waals surface area contributed by atoms with Gasteiger partial charge in [-0.3, -0.25) is 0 Å². The monoisotopic (exact) mass is 224 g/mol. The summed E-state index contributed by atoms with van der Waals surface area (Å²) in [6.45, 7) is 1.03. The van der Waals surface area contributed by atoms with Gasteiger partial charge < -0.3 is 9.64 Å². The molecule has 0 heterocycles. The highest BCUT2D eigenvalue weighted by atomic mass is 19.4. The molecular weight excluding hydrogens is 209 g/mol. The number of hydrogen-bond donors (Lipinski definition) is 0. The molecule has 0 aromatic rings. The molecule has 1 atom stereocenters. The van der Waals surface area contributed by atoms with Crippen LogP contribution in [0.2, 0.25) is 0 Å². The molecule has 0 aliphatic carbocycles. The molecule has 0 saturated carbocycles. The molecule has 6 heteroatoms. The van der Waals surface area contributed by atoms with Gasteiger partial charge in [-0.05, 0) is 14.0 Å². The predicted octanol–water partition coefficient (Wildman–Crippen LogP) is 1.80. The minimum absolute atomic E-state index is 0.0196. The molecule has 0 bridgehead atoms. The lowest BCUT2D eigenvalue weighted by Gasteiger charge is -2.22. The van der Waals surface area contributed by atoms with E-state index in [1.54, 1.807) is 11.9 Å². The third-order valence-electron chi connectivity index (χ3n) is 1.99. The molecule has 0 aromatic heterocycles. The van der Waals surface area contributed by atoms with E-state index in [9.17, 15) is 13.2 Å². The van der Waals surface area contributed by atoms with Crippen LogP contribution in [0.4, 0.5) is 13.2 Å². The SMILES string of the molecule is CC(CC#N)N(C)CCOCC(F)(F)F. The van der Waals surface area contributed by atoms with Crippen molar-refractivity contribution in [3.05, 3.63) is 0 Å². The topological polar surface area (TPSA) is 36.3 Å². The Balaban J connectivity index is 3.56. The third kappa shape index (κ3) is 8.21. The van der Waals surface area contributed by atoms with Gasteiger partial charge in [-0.25, -0.2) is 0 Å². The first-order valence-corrected chi connectivity index (χ1v) is 4.58. The molecule has 0 aromatic carbocycles. The van der Waals surface area contributed by atoms with Crippen LogP contribution in [0.3, 0.4) is 0 Å². The molecule has 0 fully saturated rings. The Hall–Kier alpha value is -0.800. The van der Waals surface area contributed by atoms with Crippen LogP contribution in [0.1, 0.15) is 13.3 Å². The second kappa shape index (κ2) is 6.64. The Kier molecular flexibility index (Phi) is 6.29. The van der Waals surface area contributed by atoms with Gasteiger partial charge in [0, 0.05) is 12.6 Å². The number of nitriles is 1. The molecule has 3 nitrogen and oxygen atoms in total. The van der Waals surface area contributed by atoms with E-state index in [-0.39, 0.29) is 12.6 Å². The van der Waals surface area contributed by atoms with Gasteiger partial charge in [-0.2, -0.15) is 18.4 Å². The van der Waals surface area contributed by atoms with E-state index < -0.39 is 12.8 Å². The number of rotatable bonds is 6. The molecule has 0 spiro atoms.